The maximum Gasteiger partial charge on any atom is 0.322 e. The number of nitrogens with zero attached hydrogens (tertiary/aromatic N) is 3. The molecule has 0 fully saturated rings. The fourth-order valence-electron chi connectivity index (χ4n) is 3.05. The second kappa shape index (κ2) is 8.31. The van der Waals surface area contributed by atoms with Gasteiger partial charge >= 0.3 is 6.03 Å². The van der Waals surface area contributed by atoms with E-state index in [0.717, 1.165) is 17.7 Å². The molecule has 1 aliphatic rings. The number of hydrogen-bond donors (Lipinski definition) is 1. The van der Waals surface area contributed by atoms with Gasteiger partial charge in [-0.15, -0.1) is 0 Å². The number of rotatable bonds is 7. The monoisotopic (exact) mass is 358 g/mol. The first-order valence-corrected chi connectivity index (χ1v) is 9.18. The molecule has 0 radical (unpaired) electrons. The second-order valence-corrected chi connectivity index (χ2v) is 6.65. The normalized spacial score (nSPS) is 16.2. The van der Waals surface area contributed by atoms with Gasteiger partial charge in [0.2, 0.25) is 5.89 Å². The van der Waals surface area contributed by atoms with Gasteiger partial charge in [-0.3, -0.25) is 4.90 Å². The number of aromatic nitrogens is 2. The van der Waals surface area contributed by atoms with E-state index in [-0.39, 0.29) is 18.0 Å². The summed E-state index contributed by atoms with van der Waals surface area (Å²) < 4.78 is 10.8. The molecule has 2 heterocycles. The first-order chi connectivity index (χ1) is 12.6. The molecule has 0 aliphatic carbocycles. The molecule has 7 nitrogen and oxygen atoms in total. The lowest BCUT2D eigenvalue weighted by molar-refractivity contribution is 0.145. The van der Waals surface area contributed by atoms with Crippen LogP contribution in [0.5, 0.6) is 0 Å². The number of nitrogens with one attached hydrogen (secondary N) is 1. The largest absolute Gasteiger partial charge is 0.382 e. The van der Waals surface area contributed by atoms with Crippen LogP contribution in [0.25, 0.3) is 0 Å². The number of ether oxygens (including phenoxy) is 1. The van der Waals surface area contributed by atoms with Crippen LogP contribution in [0.2, 0.25) is 0 Å². The van der Waals surface area contributed by atoms with Gasteiger partial charge in [0.1, 0.15) is 6.04 Å². The van der Waals surface area contributed by atoms with Gasteiger partial charge in [0.25, 0.3) is 0 Å². The number of para-hydroxylation sites is 1. The number of benzene rings is 1. The molecule has 0 bridgehead atoms. The highest BCUT2D eigenvalue weighted by Crippen LogP contribution is 2.39. The summed E-state index contributed by atoms with van der Waals surface area (Å²) in [7, 11) is 0. The Morgan fingerprint density at radius 1 is 1.42 bits per heavy atom. The Bertz CT molecular complexity index is 744. The topological polar surface area (TPSA) is 80.5 Å². The molecular weight excluding hydrogens is 332 g/mol. The van der Waals surface area contributed by atoms with Crippen molar-refractivity contribution >= 4 is 11.7 Å². The van der Waals surface area contributed by atoms with E-state index in [1.165, 1.54) is 0 Å². The maximum absolute atomic E-state index is 12.8. The Labute approximate surface area is 153 Å². The van der Waals surface area contributed by atoms with E-state index in [2.05, 4.69) is 15.5 Å². The van der Waals surface area contributed by atoms with Crippen LogP contribution in [0.4, 0.5) is 10.5 Å². The number of carbonyl (C=O) groups is 1. The average molecular weight is 358 g/mol. The molecule has 1 atom stereocenters. The van der Waals surface area contributed by atoms with Gasteiger partial charge in [0.15, 0.2) is 5.82 Å². The van der Waals surface area contributed by atoms with Gasteiger partial charge in [-0.25, -0.2) is 4.79 Å². The van der Waals surface area contributed by atoms with Crippen LogP contribution >= 0.6 is 0 Å². The SMILES string of the molecule is CCOCCCNC(=O)N1c2ccccc2CC1c1nc(C(C)C)no1. The summed E-state index contributed by atoms with van der Waals surface area (Å²) in [4.78, 5) is 19.1. The minimum Gasteiger partial charge on any atom is -0.382 e. The zero-order valence-electron chi connectivity index (χ0n) is 15.6. The molecule has 2 amide bonds. The highest BCUT2D eigenvalue weighted by Gasteiger charge is 2.38. The minimum atomic E-state index is -0.278. The van der Waals surface area contributed by atoms with Crippen molar-refractivity contribution in [3.8, 4) is 0 Å². The summed E-state index contributed by atoms with van der Waals surface area (Å²) in [6.07, 6.45) is 1.44. The molecule has 1 aromatic heterocycles. The molecule has 7 heteroatoms. The molecule has 140 valence electrons. The number of anilines is 1. The quantitative estimate of drug-likeness (QED) is 0.767. The number of amides is 2. The predicted molar refractivity (Wildman–Crippen MR) is 98.3 cm³/mol. The van der Waals surface area contributed by atoms with Crippen molar-refractivity contribution in [1.82, 2.24) is 15.5 Å². The van der Waals surface area contributed by atoms with Crippen molar-refractivity contribution in [3.63, 3.8) is 0 Å². The predicted octanol–water partition coefficient (Wildman–Crippen LogP) is 3.43. The summed E-state index contributed by atoms with van der Waals surface area (Å²) >= 11 is 0. The highest BCUT2D eigenvalue weighted by atomic mass is 16.5. The molecule has 0 saturated carbocycles. The molecule has 1 unspecified atom stereocenters. The average Bonchev–Trinajstić information content (AvgIpc) is 3.26. The van der Waals surface area contributed by atoms with E-state index in [1.54, 1.807) is 4.90 Å². The molecule has 1 aliphatic heterocycles. The Balaban J connectivity index is 1.76. The third-order valence-corrected chi connectivity index (χ3v) is 4.40. The van der Waals surface area contributed by atoms with Crippen molar-refractivity contribution in [2.24, 2.45) is 0 Å². The molecule has 26 heavy (non-hydrogen) atoms. The maximum atomic E-state index is 12.8. The number of hydrogen-bond acceptors (Lipinski definition) is 5. The van der Waals surface area contributed by atoms with E-state index in [0.29, 0.717) is 37.9 Å². The summed E-state index contributed by atoms with van der Waals surface area (Å²) in [5.74, 6) is 1.32. The van der Waals surface area contributed by atoms with Gasteiger partial charge < -0.3 is 14.6 Å². The van der Waals surface area contributed by atoms with Crippen molar-refractivity contribution in [2.45, 2.75) is 45.6 Å². The smallest absolute Gasteiger partial charge is 0.322 e. The van der Waals surface area contributed by atoms with Gasteiger partial charge in [-0.05, 0) is 25.0 Å². The fraction of sp³-hybridized carbons (Fsp3) is 0.526. The number of fused-ring (bicyclic) bond motifs is 1. The zero-order chi connectivity index (χ0) is 18.5. The molecule has 0 spiro atoms. The molecular formula is C19H26N4O3. The third kappa shape index (κ3) is 3.88. The summed E-state index contributed by atoms with van der Waals surface area (Å²) in [6.45, 7) is 7.87. The second-order valence-electron chi connectivity index (χ2n) is 6.65. The molecule has 0 saturated heterocycles. The summed E-state index contributed by atoms with van der Waals surface area (Å²) in [5.41, 5.74) is 2.00. The van der Waals surface area contributed by atoms with E-state index in [9.17, 15) is 4.79 Å². The van der Waals surface area contributed by atoms with Crippen LogP contribution in [0.1, 0.15) is 56.4 Å². The van der Waals surface area contributed by atoms with Gasteiger partial charge in [-0.1, -0.05) is 37.2 Å². The third-order valence-electron chi connectivity index (χ3n) is 4.40. The van der Waals surface area contributed by atoms with Gasteiger partial charge in [0.05, 0.1) is 0 Å². The lowest BCUT2D eigenvalue weighted by Crippen LogP contribution is -2.41. The Hall–Kier alpha value is -2.41. The van der Waals surface area contributed by atoms with Crippen molar-refractivity contribution in [2.75, 3.05) is 24.7 Å². The Kier molecular flexibility index (Phi) is 5.88. The van der Waals surface area contributed by atoms with Crippen LogP contribution in [0.3, 0.4) is 0 Å². The molecule has 2 aromatic rings. The minimum absolute atomic E-state index is 0.152. The van der Waals surface area contributed by atoms with Gasteiger partial charge in [0, 0.05) is 37.8 Å². The van der Waals surface area contributed by atoms with Crippen molar-refractivity contribution < 1.29 is 14.1 Å². The van der Waals surface area contributed by atoms with Crippen LogP contribution in [0.15, 0.2) is 28.8 Å². The molecule has 1 aromatic carbocycles. The van der Waals surface area contributed by atoms with Crippen LogP contribution in [0, 0.1) is 0 Å². The molecule has 1 N–H and O–H groups in total. The summed E-state index contributed by atoms with van der Waals surface area (Å²) in [5, 5.41) is 7.02. The Morgan fingerprint density at radius 2 is 2.23 bits per heavy atom. The molecule has 3 rings (SSSR count). The van der Waals surface area contributed by atoms with E-state index >= 15 is 0 Å². The van der Waals surface area contributed by atoms with Crippen molar-refractivity contribution in [3.05, 3.63) is 41.5 Å². The lowest BCUT2D eigenvalue weighted by atomic mass is 10.1. The van der Waals surface area contributed by atoms with Crippen molar-refractivity contribution in [1.29, 1.82) is 0 Å². The van der Waals surface area contributed by atoms with E-state index in [4.69, 9.17) is 9.26 Å². The van der Waals surface area contributed by atoms with Gasteiger partial charge in [-0.2, -0.15) is 4.98 Å². The van der Waals surface area contributed by atoms with E-state index < -0.39 is 0 Å². The fourth-order valence-corrected chi connectivity index (χ4v) is 3.05. The first kappa shape index (κ1) is 18.4. The first-order valence-electron chi connectivity index (χ1n) is 9.18. The standard InChI is InChI=1S/C19H26N4O3/c1-4-25-11-7-10-20-19(24)23-15-9-6-5-8-14(15)12-16(23)18-21-17(13(2)3)22-26-18/h5-6,8-9,13,16H,4,7,10-12H2,1-3H3,(H,20,24). The zero-order valence-corrected chi connectivity index (χ0v) is 15.6. The number of urea groups is 1. The number of carbonyl (C=O) groups excluding carboxylic acids is 1. The van der Waals surface area contributed by atoms with Crippen LogP contribution in [-0.4, -0.2) is 35.9 Å². The Morgan fingerprint density at radius 3 is 2.96 bits per heavy atom. The summed E-state index contributed by atoms with van der Waals surface area (Å²) in [6, 6.07) is 7.47. The highest BCUT2D eigenvalue weighted by molar-refractivity contribution is 5.95. The van der Waals surface area contributed by atoms with Crippen LogP contribution < -0.4 is 10.2 Å². The lowest BCUT2D eigenvalue weighted by Gasteiger charge is -2.23. The van der Waals surface area contributed by atoms with E-state index in [1.807, 2.05) is 45.0 Å². The van der Waals surface area contributed by atoms with Crippen LogP contribution in [-0.2, 0) is 11.2 Å².